The average molecular weight is 322 g/mol. The molecule has 0 aromatic carbocycles. The highest BCUT2D eigenvalue weighted by atomic mass is 16.5. The second kappa shape index (κ2) is 9.32. The summed E-state index contributed by atoms with van der Waals surface area (Å²) in [6.07, 6.45) is 4.73. The van der Waals surface area contributed by atoms with E-state index in [-0.39, 0.29) is 12.6 Å². The number of aliphatic hydroxyl groups excluding tert-OH is 1. The van der Waals surface area contributed by atoms with E-state index in [0.29, 0.717) is 19.0 Å². The van der Waals surface area contributed by atoms with Gasteiger partial charge in [0.2, 0.25) is 5.88 Å². The maximum Gasteiger partial charge on any atom is 0.315 e. The highest BCUT2D eigenvalue weighted by Gasteiger charge is 2.15. The number of β-amino-alcohol motifs (C(OH)–C–C–N with tert-alkyl or cyclic N) is 1. The number of carbonyl (C=O) groups excluding carboxylic acids is 1. The van der Waals surface area contributed by atoms with E-state index in [1.807, 2.05) is 6.07 Å². The molecule has 7 nitrogen and oxygen atoms in total. The number of amides is 2. The average Bonchev–Trinajstić information content (AvgIpc) is 2.59. The highest BCUT2D eigenvalue weighted by Crippen LogP contribution is 2.12. The summed E-state index contributed by atoms with van der Waals surface area (Å²) in [6, 6.07) is 3.32. The fourth-order valence-electron chi connectivity index (χ4n) is 2.70. The number of nitrogens with one attached hydrogen (secondary N) is 2. The molecule has 2 amide bonds. The van der Waals surface area contributed by atoms with Crippen molar-refractivity contribution in [1.29, 1.82) is 0 Å². The topological polar surface area (TPSA) is 86.7 Å². The monoisotopic (exact) mass is 322 g/mol. The lowest BCUT2D eigenvalue weighted by Gasteiger charge is -2.28. The molecule has 0 bridgehead atoms. The number of carbonyl (C=O) groups is 1. The maximum absolute atomic E-state index is 11.8. The van der Waals surface area contributed by atoms with Crippen LogP contribution < -0.4 is 15.4 Å². The minimum Gasteiger partial charge on any atom is -0.481 e. The van der Waals surface area contributed by atoms with Gasteiger partial charge in [-0.3, -0.25) is 0 Å². The van der Waals surface area contributed by atoms with E-state index < -0.39 is 6.10 Å². The third-order valence-electron chi connectivity index (χ3n) is 3.90. The lowest BCUT2D eigenvalue weighted by Crippen LogP contribution is -2.44. The first-order valence-electron chi connectivity index (χ1n) is 8.09. The Morgan fingerprint density at radius 3 is 2.91 bits per heavy atom. The number of aromatic nitrogens is 1. The summed E-state index contributed by atoms with van der Waals surface area (Å²) in [4.78, 5) is 18.1. The van der Waals surface area contributed by atoms with E-state index >= 15 is 0 Å². The van der Waals surface area contributed by atoms with Crippen molar-refractivity contribution in [1.82, 2.24) is 20.5 Å². The summed E-state index contributed by atoms with van der Waals surface area (Å²) in [6.45, 7) is 3.24. The second-order valence-corrected chi connectivity index (χ2v) is 5.75. The minimum absolute atomic E-state index is 0.243. The van der Waals surface area contributed by atoms with Crippen molar-refractivity contribution in [2.45, 2.75) is 31.9 Å². The lowest BCUT2D eigenvalue weighted by molar-refractivity contribution is 0.101. The highest BCUT2D eigenvalue weighted by molar-refractivity contribution is 5.73. The van der Waals surface area contributed by atoms with Crippen molar-refractivity contribution < 1.29 is 14.6 Å². The van der Waals surface area contributed by atoms with E-state index in [0.717, 1.165) is 18.7 Å². The molecule has 1 unspecified atom stereocenters. The SMILES string of the molecule is COc1ncccc1CNC(=O)NCC(O)CN1CCCCC1. The van der Waals surface area contributed by atoms with Crippen molar-refractivity contribution >= 4 is 6.03 Å². The van der Waals surface area contributed by atoms with Crippen LogP contribution in [-0.4, -0.2) is 60.4 Å². The molecule has 0 spiro atoms. The van der Waals surface area contributed by atoms with Crippen molar-refractivity contribution in [3.8, 4) is 5.88 Å². The van der Waals surface area contributed by atoms with Crippen LogP contribution in [-0.2, 0) is 6.54 Å². The molecule has 2 heterocycles. The third kappa shape index (κ3) is 6.03. The number of urea groups is 1. The Kier molecular flexibility index (Phi) is 7.09. The van der Waals surface area contributed by atoms with Crippen molar-refractivity contribution in [2.24, 2.45) is 0 Å². The summed E-state index contributed by atoms with van der Waals surface area (Å²) in [5.74, 6) is 0.498. The standard InChI is InChI=1S/C16H26N4O3/c1-23-15-13(6-5-7-17-15)10-18-16(22)19-11-14(21)12-20-8-3-2-4-9-20/h5-7,14,21H,2-4,8-12H2,1H3,(H2,18,19,22). The first-order valence-corrected chi connectivity index (χ1v) is 8.09. The first kappa shape index (κ1) is 17.5. The van der Waals surface area contributed by atoms with Crippen LogP contribution >= 0.6 is 0 Å². The van der Waals surface area contributed by atoms with Gasteiger partial charge in [0, 0.05) is 31.4 Å². The molecule has 1 aromatic rings. The van der Waals surface area contributed by atoms with Crippen LogP contribution in [0.2, 0.25) is 0 Å². The number of piperidine rings is 1. The molecule has 1 atom stereocenters. The van der Waals surface area contributed by atoms with E-state index in [1.54, 1.807) is 19.4 Å². The van der Waals surface area contributed by atoms with Gasteiger partial charge >= 0.3 is 6.03 Å². The first-order chi connectivity index (χ1) is 11.2. The number of pyridine rings is 1. The molecule has 128 valence electrons. The van der Waals surface area contributed by atoms with Gasteiger partial charge in [0.25, 0.3) is 0 Å². The van der Waals surface area contributed by atoms with Gasteiger partial charge in [-0.15, -0.1) is 0 Å². The molecule has 1 aromatic heterocycles. The zero-order chi connectivity index (χ0) is 16.5. The van der Waals surface area contributed by atoms with Gasteiger partial charge in [0.05, 0.1) is 13.2 Å². The van der Waals surface area contributed by atoms with Crippen LogP contribution in [0.1, 0.15) is 24.8 Å². The zero-order valence-electron chi connectivity index (χ0n) is 13.6. The fourth-order valence-corrected chi connectivity index (χ4v) is 2.70. The Hall–Kier alpha value is -1.86. The molecule has 2 rings (SSSR count). The molecule has 1 saturated heterocycles. The van der Waals surface area contributed by atoms with E-state index in [1.165, 1.54) is 19.3 Å². The molecule has 7 heteroatoms. The van der Waals surface area contributed by atoms with E-state index in [9.17, 15) is 9.90 Å². The Morgan fingerprint density at radius 2 is 2.17 bits per heavy atom. The maximum atomic E-state index is 11.8. The summed E-state index contributed by atoms with van der Waals surface area (Å²) in [7, 11) is 1.54. The molecular weight excluding hydrogens is 296 g/mol. The van der Waals surface area contributed by atoms with E-state index in [4.69, 9.17) is 4.74 Å². The number of hydrogen-bond acceptors (Lipinski definition) is 5. The molecule has 1 fully saturated rings. The van der Waals surface area contributed by atoms with Gasteiger partial charge in [0.1, 0.15) is 0 Å². The fraction of sp³-hybridized carbons (Fsp3) is 0.625. The van der Waals surface area contributed by atoms with Gasteiger partial charge in [-0.05, 0) is 32.0 Å². The van der Waals surface area contributed by atoms with Gasteiger partial charge in [-0.25, -0.2) is 9.78 Å². The van der Waals surface area contributed by atoms with Crippen LogP contribution in [0.4, 0.5) is 4.79 Å². The van der Waals surface area contributed by atoms with Gasteiger partial charge in [-0.2, -0.15) is 0 Å². The van der Waals surface area contributed by atoms with Crippen LogP contribution in [0, 0.1) is 0 Å². The predicted octanol–water partition coefficient (Wildman–Crippen LogP) is 0.736. The molecule has 1 aliphatic heterocycles. The summed E-state index contributed by atoms with van der Waals surface area (Å²) >= 11 is 0. The van der Waals surface area contributed by atoms with Crippen LogP contribution in [0.25, 0.3) is 0 Å². The van der Waals surface area contributed by atoms with Crippen LogP contribution in [0.15, 0.2) is 18.3 Å². The Morgan fingerprint density at radius 1 is 1.39 bits per heavy atom. The number of nitrogens with zero attached hydrogens (tertiary/aromatic N) is 2. The number of ether oxygens (including phenoxy) is 1. The van der Waals surface area contributed by atoms with Crippen molar-refractivity contribution in [3.63, 3.8) is 0 Å². The molecule has 0 saturated carbocycles. The number of rotatable bonds is 7. The second-order valence-electron chi connectivity index (χ2n) is 5.75. The molecule has 3 N–H and O–H groups in total. The minimum atomic E-state index is -0.549. The van der Waals surface area contributed by atoms with Gasteiger partial charge in [-0.1, -0.05) is 12.5 Å². The molecule has 23 heavy (non-hydrogen) atoms. The number of likely N-dealkylation sites (tertiary alicyclic amines) is 1. The smallest absolute Gasteiger partial charge is 0.315 e. The summed E-state index contributed by atoms with van der Waals surface area (Å²) in [5.41, 5.74) is 0.805. The van der Waals surface area contributed by atoms with Gasteiger partial charge in [0.15, 0.2) is 0 Å². The van der Waals surface area contributed by atoms with Gasteiger partial charge < -0.3 is 25.4 Å². The molecule has 1 aliphatic rings. The summed E-state index contributed by atoms with van der Waals surface area (Å²) in [5, 5.41) is 15.4. The van der Waals surface area contributed by atoms with Crippen LogP contribution in [0.3, 0.4) is 0 Å². The van der Waals surface area contributed by atoms with Crippen molar-refractivity contribution in [3.05, 3.63) is 23.9 Å². The molecular formula is C16H26N4O3. The zero-order valence-corrected chi connectivity index (χ0v) is 13.6. The third-order valence-corrected chi connectivity index (χ3v) is 3.90. The predicted molar refractivity (Wildman–Crippen MR) is 87.3 cm³/mol. The van der Waals surface area contributed by atoms with Crippen molar-refractivity contribution in [2.75, 3.05) is 33.3 Å². The molecule has 0 aliphatic carbocycles. The Balaban J connectivity index is 1.66. The summed E-state index contributed by atoms with van der Waals surface area (Å²) < 4.78 is 5.13. The Bertz CT molecular complexity index is 492. The van der Waals surface area contributed by atoms with Crippen LogP contribution in [0.5, 0.6) is 5.88 Å². The number of methoxy groups -OCH3 is 1. The largest absolute Gasteiger partial charge is 0.481 e. The van der Waals surface area contributed by atoms with E-state index in [2.05, 4.69) is 20.5 Å². The quantitative estimate of drug-likeness (QED) is 0.689. The normalized spacial score (nSPS) is 16.6. The lowest BCUT2D eigenvalue weighted by atomic mass is 10.1. The number of aliphatic hydroxyl groups is 1. The number of hydrogen-bond donors (Lipinski definition) is 3. The molecule has 0 radical (unpaired) electrons. The Labute approximate surface area is 137 Å².